The molecule has 0 aliphatic carbocycles. The van der Waals surface area contributed by atoms with Gasteiger partial charge in [-0.1, -0.05) is 41.4 Å². The third-order valence-electron chi connectivity index (χ3n) is 3.00. The minimum Gasteiger partial charge on any atom is -0.495 e. The van der Waals surface area contributed by atoms with E-state index in [1.54, 1.807) is 7.11 Å². The van der Waals surface area contributed by atoms with Crippen LogP contribution < -0.4 is 10.1 Å². The number of nitrogens with one attached hydrogen (secondary N) is 1. The molecular weight excluding hydrogens is 281 g/mol. The van der Waals surface area contributed by atoms with Crippen molar-refractivity contribution in [2.45, 2.75) is 6.04 Å². The van der Waals surface area contributed by atoms with E-state index in [2.05, 4.69) is 5.32 Å². The molecule has 2 rings (SSSR count). The number of hydrogen-bond acceptors (Lipinski definition) is 2. The second-order valence-corrected chi connectivity index (χ2v) is 5.01. The molecule has 0 heterocycles. The topological polar surface area (TPSA) is 21.3 Å². The van der Waals surface area contributed by atoms with Gasteiger partial charge in [0.25, 0.3) is 0 Å². The maximum Gasteiger partial charge on any atom is 0.137 e. The first-order valence-electron chi connectivity index (χ1n) is 5.92. The van der Waals surface area contributed by atoms with Gasteiger partial charge in [-0.3, -0.25) is 0 Å². The standard InChI is InChI=1S/C15H15Cl2NO/c1-18-15(10-3-6-12(16)7-4-10)11-5-8-14(19-2)13(17)9-11/h3-9,15,18H,1-2H3. The van der Waals surface area contributed by atoms with E-state index in [1.807, 2.05) is 49.5 Å². The maximum absolute atomic E-state index is 6.17. The zero-order valence-corrected chi connectivity index (χ0v) is 12.3. The van der Waals surface area contributed by atoms with Crippen LogP contribution in [0.4, 0.5) is 0 Å². The number of benzene rings is 2. The predicted molar refractivity (Wildman–Crippen MR) is 80.4 cm³/mol. The molecule has 0 aromatic heterocycles. The molecule has 0 saturated carbocycles. The molecular formula is C15H15Cl2NO. The third-order valence-corrected chi connectivity index (χ3v) is 3.55. The highest BCUT2D eigenvalue weighted by atomic mass is 35.5. The van der Waals surface area contributed by atoms with Gasteiger partial charge in [0.1, 0.15) is 5.75 Å². The summed E-state index contributed by atoms with van der Waals surface area (Å²) in [5.74, 6) is 0.677. The molecule has 2 aromatic rings. The first kappa shape index (κ1) is 14.2. The average molecular weight is 296 g/mol. The largest absolute Gasteiger partial charge is 0.495 e. The van der Waals surface area contributed by atoms with Crippen LogP contribution in [0.1, 0.15) is 17.2 Å². The molecule has 0 saturated heterocycles. The SMILES string of the molecule is CNC(c1ccc(Cl)cc1)c1ccc(OC)c(Cl)c1. The van der Waals surface area contributed by atoms with Gasteiger partial charge >= 0.3 is 0 Å². The van der Waals surface area contributed by atoms with E-state index >= 15 is 0 Å². The van der Waals surface area contributed by atoms with Gasteiger partial charge in [0.2, 0.25) is 0 Å². The van der Waals surface area contributed by atoms with E-state index in [-0.39, 0.29) is 6.04 Å². The molecule has 0 radical (unpaired) electrons. The summed E-state index contributed by atoms with van der Waals surface area (Å²) >= 11 is 12.1. The minimum absolute atomic E-state index is 0.0701. The Morgan fingerprint density at radius 3 is 2.16 bits per heavy atom. The predicted octanol–water partition coefficient (Wildman–Crippen LogP) is 4.31. The molecule has 1 atom stereocenters. The lowest BCUT2D eigenvalue weighted by molar-refractivity contribution is 0.414. The summed E-state index contributed by atoms with van der Waals surface area (Å²) < 4.78 is 5.16. The molecule has 0 aliphatic heterocycles. The Morgan fingerprint density at radius 1 is 1.00 bits per heavy atom. The van der Waals surface area contributed by atoms with Gasteiger partial charge < -0.3 is 10.1 Å². The van der Waals surface area contributed by atoms with Crippen molar-refractivity contribution in [2.24, 2.45) is 0 Å². The van der Waals surface area contributed by atoms with E-state index in [9.17, 15) is 0 Å². The van der Waals surface area contributed by atoms with Gasteiger partial charge in [-0.25, -0.2) is 0 Å². The Kier molecular flexibility index (Phi) is 4.70. The van der Waals surface area contributed by atoms with Crippen LogP contribution in [0.2, 0.25) is 10.0 Å². The van der Waals surface area contributed by atoms with Crippen molar-refractivity contribution in [3.8, 4) is 5.75 Å². The summed E-state index contributed by atoms with van der Waals surface area (Å²) in [5.41, 5.74) is 2.21. The molecule has 0 fully saturated rings. The summed E-state index contributed by atoms with van der Waals surface area (Å²) in [6.07, 6.45) is 0. The fraction of sp³-hybridized carbons (Fsp3) is 0.200. The molecule has 100 valence electrons. The van der Waals surface area contributed by atoms with Crippen LogP contribution in [-0.4, -0.2) is 14.2 Å². The van der Waals surface area contributed by atoms with Crippen molar-refractivity contribution < 1.29 is 4.74 Å². The van der Waals surface area contributed by atoms with Crippen LogP contribution in [0.25, 0.3) is 0 Å². The van der Waals surface area contributed by atoms with Gasteiger partial charge in [0, 0.05) is 5.02 Å². The average Bonchev–Trinajstić information content (AvgIpc) is 2.42. The van der Waals surface area contributed by atoms with Crippen LogP contribution >= 0.6 is 23.2 Å². The number of halogens is 2. The lowest BCUT2D eigenvalue weighted by Gasteiger charge is -2.18. The normalized spacial score (nSPS) is 12.2. The van der Waals surface area contributed by atoms with Crippen LogP contribution in [-0.2, 0) is 0 Å². The minimum atomic E-state index is 0.0701. The molecule has 19 heavy (non-hydrogen) atoms. The molecule has 0 spiro atoms. The Bertz CT molecular complexity index is 555. The molecule has 2 nitrogen and oxygen atoms in total. The van der Waals surface area contributed by atoms with Crippen molar-refractivity contribution in [3.63, 3.8) is 0 Å². The second-order valence-electron chi connectivity index (χ2n) is 4.17. The Morgan fingerprint density at radius 2 is 1.63 bits per heavy atom. The molecule has 1 N–H and O–H groups in total. The third kappa shape index (κ3) is 3.21. The first-order chi connectivity index (χ1) is 9.15. The zero-order valence-electron chi connectivity index (χ0n) is 10.8. The van der Waals surface area contributed by atoms with Crippen molar-refractivity contribution in [2.75, 3.05) is 14.2 Å². The van der Waals surface area contributed by atoms with Crippen molar-refractivity contribution >= 4 is 23.2 Å². The smallest absolute Gasteiger partial charge is 0.137 e. The summed E-state index contributed by atoms with van der Waals surface area (Å²) in [4.78, 5) is 0. The van der Waals surface area contributed by atoms with E-state index < -0.39 is 0 Å². The summed E-state index contributed by atoms with van der Waals surface area (Å²) in [5, 5.41) is 4.61. The summed E-state index contributed by atoms with van der Waals surface area (Å²) in [7, 11) is 3.52. The van der Waals surface area contributed by atoms with Crippen molar-refractivity contribution in [1.82, 2.24) is 5.32 Å². The van der Waals surface area contributed by atoms with Crippen molar-refractivity contribution in [1.29, 1.82) is 0 Å². The Hall–Kier alpha value is -1.22. The number of hydrogen-bond donors (Lipinski definition) is 1. The van der Waals surface area contributed by atoms with Crippen LogP contribution in [0.15, 0.2) is 42.5 Å². The van der Waals surface area contributed by atoms with Crippen LogP contribution in [0.3, 0.4) is 0 Å². The van der Waals surface area contributed by atoms with Crippen LogP contribution in [0.5, 0.6) is 5.75 Å². The van der Waals surface area contributed by atoms with E-state index in [1.165, 1.54) is 0 Å². The highest BCUT2D eigenvalue weighted by Crippen LogP contribution is 2.30. The highest BCUT2D eigenvalue weighted by Gasteiger charge is 2.13. The molecule has 1 unspecified atom stereocenters. The molecule has 2 aromatic carbocycles. The van der Waals surface area contributed by atoms with E-state index in [4.69, 9.17) is 27.9 Å². The van der Waals surface area contributed by atoms with E-state index in [0.29, 0.717) is 10.8 Å². The van der Waals surface area contributed by atoms with Crippen LogP contribution in [0, 0.1) is 0 Å². The van der Waals surface area contributed by atoms with Gasteiger partial charge in [0.05, 0.1) is 18.2 Å². The van der Waals surface area contributed by atoms with E-state index in [0.717, 1.165) is 16.1 Å². The fourth-order valence-corrected chi connectivity index (χ4v) is 2.44. The Balaban J connectivity index is 2.36. The molecule has 0 bridgehead atoms. The Labute approximate surface area is 123 Å². The van der Waals surface area contributed by atoms with Crippen molar-refractivity contribution in [3.05, 3.63) is 63.6 Å². The quantitative estimate of drug-likeness (QED) is 0.907. The molecule has 0 aliphatic rings. The lowest BCUT2D eigenvalue weighted by atomic mass is 9.99. The van der Waals surface area contributed by atoms with Gasteiger partial charge in [-0.05, 0) is 42.4 Å². The summed E-state index contributed by atoms with van der Waals surface area (Å²) in [6, 6.07) is 13.6. The summed E-state index contributed by atoms with van der Waals surface area (Å²) in [6.45, 7) is 0. The van der Waals surface area contributed by atoms with Gasteiger partial charge in [-0.2, -0.15) is 0 Å². The monoisotopic (exact) mass is 295 g/mol. The number of rotatable bonds is 4. The second kappa shape index (κ2) is 6.29. The first-order valence-corrected chi connectivity index (χ1v) is 6.67. The zero-order chi connectivity index (χ0) is 13.8. The highest BCUT2D eigenvalue weighted by molar-refractivity contribution is 6.32. The van der Waals surface area contributed by atoms with Gasteiger partial charge in [-0.15, -0.1) is 0 Å². The number of ether oxygens (including phenoxy) is 1. The fourth-order valence-electron chi connectivity index (χ4n) is 2.04. The maximum atomic E-state index is 6.17. The molecule has 0 amide bonds. The lowest BCUT2D eigenvalue weighted by Crippen LogP contribution is -2.17. The number of methoxy groups -OCH3 is 1. The molecule has 4 heteroatoms. The van der Waals surface area contributed by atoms with Gasteiger partial charge in [0.15, 0.2) is 0 Å².